The van der Waals surface area contributed by atoms with E-state index in [1.54, 1.807) is 6.07 Å². The predicted octanol–water partition coefficient (Wildman–Crippen LogP) is 3.63. The lowest BCUT2D eigenvalue weighted by Gasteiger charge is -2.19. The maximum atomic E-state index is 11.4. The third-order valence-corrected chi connectivity index (χ3v) is 2.84. The second-order valence-corrected chi connectivity index (χ2v) is 5.76. The number of ether oxygens (including phenoxy) is 1. The molecule has 0 fully saturated rings. The van der Waals surface area contributed by atoms with Crippen LogP contribution >= 0.6 is 0 Å². The topological polar surface area (TPSA) is 38.3 Å². The van der Waals surface area contributed by atoms with Crippen molar-refractivity contribution in [2.24, 2.45) is 5.41 Å². The van der Waals surface area contributed by atoms with E-state index in [9.17, 15) is 4.79 Å². The molecule has 18 heavy (non-hydrogen) atoms. The van der Waals surface area contributed by atoms with Crippen molar-refractivity contribution in [3.8, 4) is 0 Å². The van der Waals surface area contributed by atoms with E-state index in [4.69, 9.17) is 4.74 Å². The van der Waals surface area contributed by atoms with Gasteiger partial charge in [0, 0.05) is 12.2 Å². The molecule has 1 N–H and O–H groups in total. The zero-order valence-electron chi connectivity index (χ0n) is 12.0. The van der Waals surface area contributed by atoms with Gasteiger partial charge in [-0.05, 0) is 42.5 Å². The summed E-state index contributed by atoms with van der Waals surface area (Å²) in [7, 11) is 1.40. The van der Waals surface area contributed by atoms with Gasteiger partial charge >= 0.3 is 5.97 Å². The van der Waals surface area contributed by atoms with Crippen molar-refractivity contribution in [3.63, 3.8) is 0 Å². The van der Waals surface area contributed by atoms with Crippen LogP contribution in [0.5, 0.6) is 0 Å². The molecule has 0 spiro atoms. The van der Waals surface area contributed by atoms with E-state index >= 15 is 0 Å². The first-order valence-corrected chi connectivity index (χ1v) is 6.26. The molecule has 0 amide bonds. The molecule has 1 rings (SSSR count). The zero-order chi connectivity index (χ0) is 13.8. The average Bonchev–Trinajstić information content (AvgIpc) is 2.28. The van der Waals surface area contributed by atoms with E-state index < -0.39 is 0 Å². The summed E-state index contributed by atoms with van der Waals surface area (Å²) in [4.78, 5) is 11.4. The van der Waals surface area contributed by atoms with Crippen LogP contribution in [0.4, 0.5) is 5.69 Å². The SMILES string of the molecule is COC(=O)c1ccc(NCCC(C)(C)C)c(C)c1. The molecule has 1 aromatic rings. The van der Waals surface area contributed by atoms with Crippen molar-refractivity contribution in [2.45, 2.75) is 34.1 Å². The first-order valence-electron chi connectivity index (χ1n) is 6.26. The minimum atomic E-state index is -0.292. The van der Waals surface area contributed by atoms with Gasteiger partial charge in [-0.1, -0.05) is 20.8 Å². The fourth-order valence-electron chi connectivity index (χ4n) is 1.68. The van der Waals surface area contributed by atoms with Gasteiger partial charge in [-0.3, -0.25) is 0 Å². The van der Waals surface area contributed by atoms with Crippen molar-refractivity contribution in [1.29, 1.82) is 0 Å². The Labute approximate surface area is 110 Å². The summed E-state index contributed by atoms with van der Waals surface area (Å²) < 4.78 is 4.70. The van der Waals surface area contributed by atoms with Gasteiger partial charge in [0.25, 0.3) is 0 Å². The average molecular weight is 249 g/mol. The lowest BCUT2D eigenvalue weighted by atomic mass is 9.92. The number of aryl methyl sites for hydroxylation is 1. The summed E-state index contributed by atoms with van der Waals surface area (Å²) in [5.41, 5.74) is 3.06. The quantitative estimate of drug-likeness (QED) is 0.828. The van der Waals surface area contributed by atoms with Gasteiger partial charge in [-0.2, -0.15) is 0 Å². The van der Waals surface area contributed by atoms with E-state index in [1.807, 2.05) is 19.1 Å². The summed E-state index contributed by atoms with van der Waals surface area (Å²) in [5.74, 6) is -0.292. The second kappa shape index (κ2) is 5.89. The van der Waals surface area contributed by atoms with E-state index in [0.29, 0.717) is 11.0 Å². The lowest BCUT2D eigenvalue weighted by Crippen LogP contribution is -2.13. The first-order chi connectivity index (χ1) is 8.33. The largest absolute Gasteiger partial charge is 0.465 e. The summed E-state index contributed by atoms with van der Waals surface area (Å²) in [5, 5.41) is 3.40. The van der Waals surface area contributed by atoms with E-state index in [2.05, 4.69) is 26.1 Å². The van der Waals surface area contributed by atoms with Crippen molar-refractivity contribution >= 4 is 11.7 Å². The van der Waals surface area contributed by atoms with Gasteiger partial charge in [0.2, 0.25) is 0 Å². The number of hydrogen-bond donors (Lipinski definition) is 1. The van der Waals surface area contributed by atoms with Crippen LogP contribution in [0.1, 0.15) is 43.1 Å². The van der Waals surface area contributed by atoms with Crippen molar-refractivity contribution in [1.82, 2.24) is 0 Å². The standard InChI is InChI=1S/C15H23NO2/c1-11-10-12(14(17)18-5)6-7-13(11)16-9-8-15(2,3)4/h6-7,10,16H,8-9H2,1-5H3. The molecule has 0 aromatic heterocycles. The number of carbonyl (C=O) groups excluding carboxylic acids is 1. The highest BCUT2D eigenvalue weighted by Gasteiger charge is 2.10. The Kier molecular flexibility index (Phi) is 4.76. The van der Waals surface area contributed by atoms with Crippen LogP contribution in [0.25, 0.3) is 0 Å². The van der Waals surface area contributed by atoms with Crippen molar-refractivity contribution in [2.75, 3.05) is 19.0 Å². The Bertz CT molecular complexity index is 419. The lowest BCUT2D eigenvalue weighted by molar-refractivity contribution is 0.0600. The van der Waals surface area contributed by atoms with Crippen LogP contribution in [-0.2, 0) is 4.74 Å². The Morgan fingerprint density at radius 1 is 1.33 bits per heavy atom. The number of benzene rings is 1. The summed E-state index contributed by atoms with van der Waals surface area (Å²) in [6, 6.07) is 5.58. The van der Waals surface area contributed by atoms with Crippen molar-refractivity contribution < 1.29 is 9.53 Å². The Hall–Kier alpha value is -1.51. The van der Waals surface area contributed by atoms with E-state index in [0.717, 1.165) is 24.2 Å². The number of methoxy groups -OCH3 is 1. The Morgan fingerprint density at radius 2 is 2.00 bits per heavy atom. The summed E-state index contributed by atoms with van der Waals surface area (Å²) in [6.07, 6.45) is 1.10. The molecule has 0 saturated heterocycles. The molecule has 0 radical (unpaired) electrons. The Balaban J connectivity index is 2.66. The van der Waals surface area contributed by atoms with E-state index in [1.165, 1.54) is 7.11 Å². The minimum absolute atomic E-state index is 0.292. The number of rotatable bonds is 4. The van der Waals surface area contributed by atoms with Gasteiger partial charge in [-0.15, -0.1) is 0 Å². The third kappa shape index (κ3) is 4.40. The minimum Gasteiger partial charge on any atom is -0.465 e. The van der Waals surface area contributed by atoms with Crippen LogP contribution < -0.4 is 5.32 Å². The van der Waals surface area contributed by atoms with Crippen LogP contribution in [0.15, 0.2) is 18.2 Å². The predicted molar refractivity (Wildman–Crippen MR) is 75.1 cm³/mol. The summed E-state index contributed by atoms with van der Waals surface area (Å²) >= 11 is 0. The maximum Gasteiger partial charge on any atom is 0.337 e. The molecule has 0 aliphatic rings. The highest BCUT2D eigenvalue weighted by atomic mass is 16.5. The maximum absolute atomic E-state index is 11.4. The molecular weight excluding hydrogens is 226 g/mol. The molecule has 0 saturated carbocycles. The molecule has 3 heteroatoms. The molecule has 0 bridgehead atoms. The van der Waals surface area contributed by atoms with Gasteiger partial charge in [-0.25, -0.2) is 4.79 Å². The highest BCUT2D eigenvalue weighted by Crippen LogP contribution is 2.21. The Morgan fingerprint density at radius 3 is 2.50 bits per heavy atom. The molecule has 0 aliphatic carbocycles. The first kappa shape index (κ1) is 14.6. The van der Waals surface area contributed by atoms with Crippen LogP contribution in [0, 0.1) is 12.3 Å². The number of hydrogen-bond acceptors (Lipinski definition) is 3. The monoisotopic (exact) mass is 249 g/mol. The molecule has 3 nitrogen and oxygen atoms in total. The zero-order valence-corrected chi connectivity index (χ0v) is 12.0. The molecule has 100 valence electrons. The number of esters is 1. The second-order valence-electron chi connectivity index (χ2n) is 5.76. The van der Waals surface area contributed by atoms with Crippen LogP contribution in [0.3, 0.4) is 0 Å². The number of carbonyl (C=O) groups is 1. The molecule has 0 heterocycles. The summed E-state index contributed by atoms with van der Waals surface area (Å²) in [6.45, 7) is 9.60. The van der Waals surface area contributed by atoms with Gasteiger partial charge < -0.3 is 10.1 Å². The van der Waals surface area contributed by atoms with Gasteiger partial charge in [0.1, 0.15) is 0 Å². The molecular formula is C15H23NO2. The van der Waals surface area contributed by atoms with Gasteiger partial charge in [0.15, 0.2) is 0 Å². The fourth-order valence-corrected chi connectivity index (χ4v) is 1.68. The third-order valence-electron chi connectivity index (χ3n) is 2.84. The smallest absolute Gasteiger partial charge is 0.337 e. The van der Waals surface area contributed by atoms with Crippen LogP contribution in [0.2, 0.25) is 0 Å². The molecule has 1 aromatic carbocycles. The number of anilines is 1. The normalized spacial score (nSPS) is 11.2. The van der Waals surface area contributed by atoms with Gasteiger partial charge in [0.05, 0.1) is 12.7 Å². The van der Waals surface area contributed by atoms with Crippen LogP contribution in [-0.4, -0.2) is 19.6 Å². The molecule has 0 unspecified atom stereocenters. The molecule has 0 atom stereocenters. The van der Waals surface area contributed by atoms with E-state index in [-0.39, 0.29) is 5.97 Å². The highest BCUT2D eigenvalue weighted by molar-refractivity contribution is 5.90. The van der Waals surface area contributed by atoms with Crippen molar-refractivity contribution in [3.05, 3.63) is 29.3 Å². The number of nitrogens with one attached hydrogen (secondary N) is 1. The molecule has 0 aliphatic heterocycles. The fraction of sp³-hybridized carbons (Fsp3) is 0.533.